The average Bonchev–Trinajstić information content (AvgIpc) is 3.19. The highest BCUT2D eigenvalue weighted by atomic mass is 35.5. The summed E-state index contributed by atoms with van der Waals surface area (Å²) in [6, 6.07) is 13.3. The summed E-state index contributed by atoms with van der Waals surface area (Å²) in [5.74, 6) is -2.50. The second-order valence-electron chi connectivity index (χ2n) is 14.8. The number of methoxy groups -OCH3 is 2. The maximum absolute atomic E-state index is 14.2. The summed E-state index contributed by atoms with van der Waals surface area (Å²) < 4.78 is 10.7. The highest BCUT2D eigenvalue weighted by Crippen LogP contribution is 2.46. The maximum Gasteiger partial charge on any atom is 0.336 e. The zero-order valence-electron chi connectivity index (χ0n) is 32.4. The van der Waals surface area contributed by atoms with Crippen LogP contribution in [0.3, 0.4) is 0 Å². The first kappa shape index (κ1) is 41.7. The number of dihydropyridines is 1. The number of benzene rings is 2. The number of carbonyl (C=O) groups is 3. The second-order valence-corrected chi connectivity index (χ2v) is 15.6. The molecule has 1 unspecified atom stereocenters. The number of hydrogen-bond donors (Lipinski definition) is 2. The summed E-state index contributed by atoms with van der Waals surface area (Å²) in [4.78, 5) is 48.5. The Kier molecular flexibility index (Phi) is 15.0. The Bertz CT molecular complexity index is 1690. The van der Waals surface area contributed by atoms with E-state index >= 15 is 0 Å². The molecule has 0 radical (unpaired) electrons. The number of ether oxygens (including phenoxy) is 2. The third-order valence-corrected chi connectivity index (χ3v) is 12.3. The van der Waals surface area contributed by atoms with E-state index in [0.29, 0.717) is 49.4 Å². The average molecular weight is 783 g/mol. The first-order valence-corrected chi connectivity index (χ1v) is 20.2. The van der Waals surface area contributed by atoms with Crippen molar-refractivity contribution >= 4 is 41.0 Å². The molecule has 5 rings (SSSR count). The Morgan fingerprint density at radius 3 is 2.00 bits per heavy atom. The summed E-state index contributed by atoms with van der Waals surface area (Å²) >= 11 is 13.7. The molecule has 2 heterocycles. The van der Waals surface area contributed by atoms with Crippen LogP contribution in [0.5, 0.6) is 0 Å². The predicted molar refractivity (Wildman–Crippen MR) is 214 cm³/mol. The van der Waals surface area contributed by atoms with Gasteiger partial charge in [0.25, 0.3) is 0 Å². The molecule has 2 aromatic carbocycles. The number of piperazine rings is 1. The summed E-state index contributed by atoms with van der Waals surface area (Å²) in [5.41, 5.74) is 10.4. The fourth-order valence-corrected chi connectivity index (χ4v) is 9.06. The molecule has 1 aliphatic carbocycles. The van der Waals surface area contributed by atoms with Crippen molar-refractivity contribution in [3.63, 3.8) is 0 Å². The topological polar surface area (TPSA) is 117 Å². The van der Waals surface area contributed by atoms with Gasteiger partial charge in [-0.2, -0.15) is 0 Å². The molecule has 1 saturated carbocycles. The van der Waals surface area contributed by atoms with Crippen LogP contribution >= 0.6 is 23.2 Å². The van der Waals surface area contributed by atoms with Crippen LogP contribution in [0.1, 0.15) is 81.4 Å². The number of rotatable bonds is 15. The number of allylic oxidation sites excluding steroid dienone is 1. The van der Waals surface area contributed by atoms with E-state index in [4.69, 9.17) is 38.4 Å². The SMILES string of the molecule is CCN(CC)Cc1ccccc1CCC1=C(C(=O)OC)C(c2c(Cl)cccc2Cl)C(C(=O)OC)=C(CC(=O)N2CCN(CC3(CN)CCCCC3)CC2)N1. The van der Waals surface area contributed by atoms with E-state index < -0.39 is 17.9 Å². The van der Waals surface area contributed by atoms with Gasteiger partial charge in [0.2, 0.25) is 5.91 Å². The Balaban J connectivity index is 1.48. The van der Waals surface area contributed by atoms with Crippen LogP contribution in [0.15, 0.2) is 65.0 Å². The third kappa shape index (κ3) is 9.69. The molecule has 294 valence electrons. The smallest absolute Gasteiger partial charge is 0.336 e. The van der Waals surface area contributed by atoms with E-state index in [1.54, 1.807) is 18.2 Å². The minimum atomic E-state index is -1.05. The highest BCUT2D eigenvalue weighted by Gasteiger charge is 2.42. The summed E-state index contributed by atoms with van der Waals surface area (Å²) in [6.07, 6.45) is 6.89. The normalized spacial score (nSPS) is 19.2. The predicted octanol–water partition coefficient (Wildman–Crippen LogP) is 6.45. The van der Waals surface area contributed by atoms with E-state index in [-0.39, 0.29) is 38.9 Å². The molecule has 0 spiro atoms. The Hall–Kier alpha value is -3.41. The number of nitrogens with zero attached hydrogens (tertiary/aromatic N) is 3. The zero-order valence-corrected chi connectivity index (χ0v) is 33.9. The molecule has 1 atom stereocenters. The lowest BCUT2D eigenvalue weighted by Crippen LogP contribution is -2.53. The molecule has 2 aromatic rings. The molecule has 2 aliphatic heterocycles. The standard InChI is InChI=1S/C42H57Cl2N5O5/c1-5-47(6-2)26-30-14-9-8-13-29(30)17-18-33-37(40(51)53-3)39(36-31(43)15-12-16-32(36)44)38(41(52)54-4)34(46-33)25-35(50)49-23-21-48(22-24-49)28-42(27-45)19-10-7-11-20-42/h8-9,12-16,39,46H,5-7,10-11,17-28,45H2,1-4H3. The molecule has 3 N–H and O–H groups in total. The van der Waals surface area contributed by atoms with Crippen LogP contribution in [-0.4, -0.2) is 99.1 Å². The number of carbonyl (C=O) groups excluding carboxylic acids is 3. The number of nitrogens with two attached hydrogens (primary N) is 1. The molecule has 2 fully saturated rings. The van der Waals surface area contributed by atoms with Gasteiger partial charge in [-0.25, -0.2) is 9.59 Å². The van der Waals surface area contributed by atoms with Crippen LogP contribution < -0.4 is 11.1 Å². The van der Waals surface area contributed by atoms with Crippen molar-refractivity contribution in [1.82, 2.24) is 20.0 Å². The van der Waals surface area contributed by atoms with Crippen LogP contribution in [0.25, 0.3) is 0 Å². The van der Waals surface area contributed by atoms with Crippen molar-refractivity contribution in [2.75, 3.05) is 66.6 Å². The molecule has 0 bridgehead atoms. The van der Waals surface area contributed by atoms with Crippen molar-refractivity contribution in [2.45, 2.75) is 77.7 Å². The lowest BCUT2D eigenvalue weighted by atomic mass is 9.73. The fraction of sp³-hybridized carbons (Fsp3) is 0.548. The van der Waals surface area contributed by atoms with E-state index in [2.05, 4.69) is 41.1 Å². The third-order valence-electron chi connectivity index (χ3n) is 11.6. The number of hydrogen-bond acceptors (Lipinski definition) is 9. The van der Waals surface area contributed by atoms with Crippen LogP contribution in [-0.2, 0) is 36.8 Å². The monoisotopic (exact) mass is 781 g/mol. The van der Waals surface area contributed by atoms with Crippen LogP contribution in [0.2, 0.25) is 10.0 Å². The fourth-order valence-electron chi connectivity index (χ4n) is 8.45. The quantitative estimate of drug-likeness (QED) is 0.197. The van der Waals surface area contributed by atoms with Crippen LogP contribution in [0.4, 0.5) is 0 Å². The minimum Gasteiger partial charge on any atom is -0.466 e. The highest BCUT2D eigenvalue weighted by molar-refractivity contribution is 6.36. The van der Waals surface area contributed by atoms with Gasteiger partial charge in [0.1, 0.15) is 0 Å². The zero-order chi connectivity index (χ0) is 38.8. The molecule has 54 heavy (non-hydrogen) atoms. The largest absolute Gasteiger partial charge is 0.466 e. The van der Waals surface area contributed by atoms with Crippen molar-refractivity contribution in [2.24, 2.45) is 11.1 Å². The molecular formula is C42H57Cl2N5O5. The van der Waals surface area contributed by atoms with E-state index in [1.807, 2.05) is 17.0 Å². The number of esters is 2. The van der Waals surface area contributed by atoms with Gasteiger partial charge in [0.05, 0.1) is 37.7 Å². The van der Waals surface area contributed by atoms with Gasteiger partial charge in [-0.1, -0.05) is 86.6 Å². The molecule has 1 saturated heterocycles. The maximum atomic E-state index is 14.2. The number of nitrogens with one attached hydrogen (secondary N) is 1. The van der Waals surface area contributed by atoms with Crippen molar-refractivity contribution in [1.29, 1.82) is 0 Å². The Morgan fingerprint density at radius 2 is 1.43 bits per heavy atom. The van der Waals surface area contributed by atoms with E-state index in [0.717, 1.165) is 57.7 Å². The van der Waals surface area contributed by atoms with Gasteiger partial charge >= 0.3 is 11.9 Å². The van der Waals surface area contributed by atoms with E-state index in [1.165, 1.54) is 39.0 Å². The molecule has 12 heteroatoms. The summed E-state index contributed by atoms with van der Waals surface area (Å²) in [6.45, 7) is 11.2. The van der Waals surface area contributed by atoms with Crippen molar-refractivity contribution < 1.29 is 23.9 Å². The van der Waals surface area contributed by atoms with Gasteiger partial charge in [-0.3, -0.25) is 14.6 Å². The first-order valence-electron chi connectivity index (χ1n) is 19.4. The van der Waals surface area contributed by atoms with E-state index in [9.17, 15) is 14.4 Å². The summed E-state index contributed by atoms with van der Waals surface area (Å²) in [7, 11) is 2.59. The van der Waals surface area contributed by atoms with Crippen molar-refractivity contribution in [3.8, 4) is 0 Å². The molecule has 10 nitrogen and oxygen atoms in total. The molecule has 0 aromatic heterocycles. The van der Waals surface area contributed by atoms with Gasteiger partial charge in [-0.15, -0.1) is 0 Å². The molecule has 1 amide bonds. The first-order chi connectivity index (χ1) is 26.1. The summed E-state index contributed by atoms with van der Waals surface area (Å²) in [5, 5.41) is 3.96. The number of aryl methyl sites for hydroxylation is 1. The molecule has 3 aliphatic rings. The Morgan fingerprint density at radius 1 is 0.833 bits per heavy atom. The lowest BCUT2D eigenvalue weighted by Gasteiger charge is -2.43. The number of halogens is 2. The van der Waals surface area contributed by atoms with Gasteiger partial charge < -0.3 is 25.4 Å². The second kappa shape index (κ2) is 19.4. The van der Waals surface area contributed by atoms with Gasteiger partial charge in [-0.05, 0) is 74.0 Å². The Labute approximate surface area is 331 Å². The minimum absolute atomic E-state index is 0.104. The van der Waals surface area contributed by atoms with Crippen molar-refractivity contribution in [3.05, 3.63) is 91.7 Å². The van der Waals surface area contributed by atoms with Gasteiger partial charge in [0.15, 0.2) is 0 Å². The molecular weight excluding hydrogens is 725 g/mol. The number of amides is 1. The van der Waals surface area contributed by atoms with Crippen LogP contribution in [0, 0.1) is 5.41 Å². The lowest BCUT2D eigenvalue weighted by molar-refractivity contribution is -0.137. The van der Waals surface area contributed by atoms with Gasteiger partial charge in [0, 0.05) is 66.3 Å².